The van der Waals surface area contributed by atoms with Gasteiger partial charge in [0.2, 0.25) is 0 Å². The minimum Gasteiger partial charge on any atom is -0.493 e. The molecule has 0 N–H and O–H groups in total. The lowest BCUT2D eigenvalue weighted by Crippen LogP contribution is -2.12. The van der Waals surface area contributed by atoms with E-state index in [4.69, 9.17) is 28.8 Å². The Hall–Kier alpha value is -3.44. The monoisotopic (exact) mass is 554 g/mol. The van der Waals surface area contributed by atoms with E-state index in [2.05, 4.69) is 6.07 Å². The van der Waals surface area contributed by atoms with Gasteiger partial charge in [-0.05, 0) is 61.0 Å². The molecule has 0 spiro atoms. The van der Waals surface area contributed by atoms with Crippen molar-refractivity contribution >= 4 is 15.4 Å². The van der Waals surface area contributed by atoms with Gasteiger partial charge in [-0.3, -0.25) is 0 Å². The van der Waals surface area contributed by atoms with Crippen molar-refractivity contribution in [1.82, 2.24) is 9.61 Å². The van der Waals surface area contributed by atoms with Gasteiger partial charge in [0, 0.05) is 24.5 Å². The van der Waals surface area contributed by atoms with Crippen molar-refractivity contribution in [3.8, 4) is 34.0 Å². The predicted molar refractivity (Wildman–Crippen MR) is 149 cm³/mol. The molecule has 0 aliphatic carbocycles. The van der Waals surface area contributed by atoms with Crippen LogP contribution in [0.1, 0.15) is 5.56 Å². The third-order valence-electron chi connectivity index (χ3n) is 6.12. The number of hydrogen-bond acceptors (Lipinski definition) is 8. The molecule has 4 rings (SSSR count). The molecule has 0 amide bonds. The number of nitrogens with zero attached hydrogens (tertiary/aromatic N) is 2. The van der Waals surface area contributed by atoms with E-state index in [9.17, 15) is 8.42 Å². The number of aryl methyl sites for hydroxylation is 1. The predicted octanol–water partition coefficient (Wildman–Crippen LogP) is 4.45. The van der Waals surface area contributed by atoms with E-state index in [-0.39, 0.29) is 4.90 Å². The first-order chi connectivity index (χ1) is 18.8. The van der Waals surface area contributed by atoms with Crippen LogP contribution in [0.3, 0.4) is 0 Å². The van der Waals surface area contributed by atoms with Gasteiger partial charge in [0.1, 0.15) is 6.61 Å². The Labute approximate surface area is 229 Å². The number of sulfone groups is 1. The molecule has 0 aliphatic rings. The van der Waals surface area contributed by atoms with Crippen LogP contribution in [-0.2, 0) is 24.0 Å². The van der Waals surface area contributed by atoms with Crippen LogP contribution in [0.4, 0.5) is 0 Å². The summed E-state index contributed by atoms with van der Waals surface area (Å²) < 4.78 is 52.9. The van der Waals surface area contributed by atoms with Crippen LogP contribution in [-0.4, -0.2) is 78.1 Å². The number of ether oxygens (including phenoxy) is 5. The van der Waals surface area contributed by atoms with Crippen molar-refractivity contribution < 1.29 is 32.1 Å². The van der Waals surface area contributed by atoms with Crippen molar-refractivity contribution in [3.05, 3.63) is 66.2 Å². The highest BCUT2D eigenvalue weighted by Crippen LogP contribution is 2.33. The zero-order chi connectivity index (χ0) is 27.8. The molecule has 2 aromatic heterocycles. The molecule has 10 heteroatoms. The molecule has 9 nitrogen and oxygen atoms in total. The second-order valence-electron chi connectivity index (χ2n) is 8.96. The molecular weight excluding hydrogens is 520 g/mol. The van der Waals surface area contributed by atoms with Crippen LogP contribution < -0.4 is 9.47 Å². The Balaban J connectivity index is 1.48. The molecule has 2 aromatic carbocycles. The molecule has 0 aliphatic heterocycles. The van der Waals surface area contributed by atoms with E-state index in [1.807, 2.05) is 53.9 Å². The second-order valence-corrected chi connectivity index (χ2v) is 11.0. The summed E-state index contributed by atoms with van der Waals surface area (Å²) in [5.41, 5.74) is 5.40. The average molecular weight is 555 g/mol. The van der Waals surface area contributed by atoms with Gasteiger partial charge in [0.25, 0.3) is 0 Å². The number of hydrogen-bond donors (Lipinski definition) is 0. The Morgan fingerprint density at radius 1 is 0.769 bits per heavy atom. The van der Waals surface area contributed by atoms with E-state index in [0.29, 0.717) is 51.1 Å². The van der Waals surface area contributed by atoms with E-state index < -0.39 is 9.84 Å². The Morgan fingerprint density at radius 3 is 2.10 bits per heavy atom. The normalized spacial score (nSPS) is 11.7. The van der Waals surface area contributed by atoms with E-state index in [1.165, 1.54) is 6.26 Å². The van der Waals surface area contributed by atoms with E-state index >= 15 is 0 Å². The SMILES string of the molecule is COCCOCCOCCOc1ccc(-c2ccc3cc(C)c(-c4ccc(S(C)(=O)=O)cc4)n3n2)cc1OC. The molecule has 2 heterocycles. The van der Waals surface area contributed by atoms with Crippen LogP contribution in [0.2, 0.25) is 0 Å². The minimum atomic E-state index is -3.27. The second kappa shape index (κ2) is 13.1. The van der Waals surface area contributed by atoms with Gasteiger partial charge in [-0.25, -0.2) is 12.9 Å². The summed E-state index contributed by atoms with van der Waals surface area (Å²) in [6, 6.07) is 18.6. The van der Waals surface area contributed by atoms with Gasteiger partial charge in [0.15, 0.2) is 21.3 Å². The fourth-order valence-electron chi connectivity index (χ4n) is 4.16. The Bertz CT molecular complexity index is 1500. The zero-order valence-corrected chi connectivity index (χ0v) is 23.5. The molecular formula is C29H34N2O7S. The third-order valence-corrected chi connectivity index (χ3v) is 7.25. The lowest BCUT2D eigenvalue weighted by atomic mass is 10.1. The van der Waals surface area contributed by atoms with Gasteiger partial charge >= 0.3 is 0 Å². The number of aromatic nitrogens is 2. The Kier molecular flexibility index (Phi) is 9.58. The molecule has 39 heavy (non-hydrogen) atoms. The van der Waals surface area contributed by atoms with Crippen molar-refractivity contribution in [2.75, 3.05) is 60.1 Å². The molecule has 0 fully saturated rings. The standard InChI is InChI=1S/C29H34N2O7S/c1-21-19-24-8-11-26(30-31(24)29(21)22-5-9-25(10-6-22)39(4,32)33)23-7-12-27(28(20-23)35-3)38-18-17-37-16-15-36-14-13-34-2/h5-12,19-20H,13-18H2,1-4H3. The van der Waals surface area contributed by atoms with Gasteiger partial charge in [-0.1, -0.05) is 12.1 Å². The smallest absolute Gasteiger partial charge is 0.175 e. The van der Waals surface area contributed by atoms with Crippen molar-refractivity contribution in [3.63, 3.8) is 0 Å². The third kappa shape index (κ3) is 7.15. The maximum absolute atomic E-state index is 11.9. The fraction of sp³-hybridized carbons (Fsp3) is 0.345. The van der Waals surface area contributed by atoms with Gasteiger partial charge in [0.05, 0.1) is 61.9 Å². The van der Waals surface area contributed by atoms with E-state index in [0.717, 1.165) is 33.6 Å². The number of fused-ring (bicyclic) bond motifs is 1. The molecule has 4 aromatic rings. The highest BCUT2D eigenvalue weighted by Gasteiger charge is 2.15. The molecule has 0 radical (unpaired) electrons. The van der Waals surface area contributed by atoms with Crippen LogP contribution in [0, 0.1) is 6.92 Å². The lowest BCUT2D eigenvalue weighted by molar-refractivity contribution is 0.0178. The minimum absolute atomic E-state index is 0.284. The van der Waals surface area contributed by atoms with Crippen molar-refractivity contribution in [2.24, 2.45) is 0 Å². The maximum Gasteiger partial charge on any atom is 0.175 e. The fourth-order valence-corrected chi connectivity index (χ4v) is 4.79. The molecule has 0 saturated carbocycles. The number of rotatable bonds is 14. The summed E-state index contributed by atoms with van der Waals surface area (Å²) in [5.74, 6) is 1.21. The highest BCUT2D eigenvalue weighted by molar-refractivity contribution is 7.90. The summed E-state index contributed by atoms with van der Waals surface area (Å²) in [6.45, 7) is 4.93. The van der Waals surface area contributed by atoms with Crippen LogP contribution >= 0.6 is 0 Å². The van der Waals surface area contributed by atoms with Gasteiger partial charge in [-0.15, -0.1) is 0 Å². The maximum atomic E-state index is 11.9. The van der Waals surface area contributed by atoms with Gasteiger partial charge < -0.3 is 23.7 Å². The quantitative estimate of drug-likeness (QED) is 0.211. The zero-order valence-electron chi connectivity index (χ0n) is 22.7. The molecule has 0 atom stereocenters. The summed E-state index contributed by atoms with van der Waals surface area (Å²) in [5, 5.41) is 4.90. The largest absolute Gasteiger partial charge is 0.493 e. The topological polar surface area (TPSA) is 97.6 Å². The summed E-state index contributed by atoms with van der Waals surface area (Å²) in [6.07, 6.45) is 1.20. The summed E-state index contributed by atoms with van der Waals surface area (Å²) in [7, 11) is -0.0304. The molecule has 208 valence electrons. The van der Waals surface area contributed by atoms with Crippen molar-refractivity contribution in [1.29, 1.82) is 0 Å². The van der Waals surface area contributed by atoms with Crippen LogP contribution in [0.5, 0.6) is 11.5 Å². The van der Waals surface area contributed by atoms with Crippen LogP contribution in [0.25, 0.3) is 28.0 Å². The first-order valence-corrected chi connectivity index (χ1v) is 14.5. The molecule has 0 saturated heterocycles. The lowest BCUT2D eigenvalue weighted by Gasteiger charge is -2.13. The highest BCUT2D eigenvalue weighted by atomic mass is 32.2. The summed E-state index contributed by atoms with van der Waals surface area (Å²) in [4.78, 5) is 0.284. The average Bonchev–Trinajstić information content (AvgIpc) is 3.26. The first-order valence-electron chi connectivity index (χ1n) is 12.6. The Morgan fingerprint density at radius 2 is 1.44 bits per heavy atom. The van der Waals surface area contributed by atoms with Crippen LogP contribution in [0.15, 0.2) is 65.6 Å². The van der Waals surface area contributed by atoms with E-state index in [1.54, 1.807) is 26.4 Å². The molecule has 0 unspecified atom stereocenters. The number of benzene rings is 2. The van der Waals surface area contributed by atoms with Crippen molar-refractivity contribution in [2.45, 2.75) is 11.8 Å². The first kappa shape index (κ1) is 28.6. The van der Waals surface area contributed by atoms with Gasteiger partial charge in [-0.2, -0.15) is 5.10 Å². The molecule has 0 bridgehead atoms. The summed E-state index contributed by atoms with van der Waals surface area (Å²) >= 11 is 0. The number of methoxy groups -OCH3 is 2.